The van der Waals surface area contributed by atoms with Gasteiger partial charge in [0.25, 0.3) is 0 Å². The molecular weight excluding hydrogens is 166 g/mol. The van der Waals surface area contributed by atoms with Crippen molar-refractivity contribution in [3.8, 4) is 5.75 Å². The van der Waals surface area contributed by atoms with Crippen molar-refractivity contribution >= 4 is 5.82 Å². The first-order chi connectivity index (χ1) is 6.36. The van der Waals surface area contributed by atoms with E-state index in [0.717, 1.165) is 23.9 Å². The largest absolute Gasteiger partial charge is 0.486 e. The molecule has 1 N–H and O–H groups in total. The summed E-state index contributed by atoms with van der Waals surface area (Å²) in [5.74, 6) is 2.33. The number of rotatable bonds is 0. The van der Waals surface area contributed by atoms with Crippen molar-refractivity contribution in [3.63, 3.8) is 0 Å². The van der Waals surface area contributed by atoms with Gasteiger partial charge in [0, 0.05) is 0 Å². The lowest BCUT2D eigenvalue weighted by Crippen LogP contribution is -2.19. The van der Waals surface area contributed by atoms with Gasteiger partial charge in [-0.25, -0.2) is 9.97 Å². The maximum atomic E-state index is 5.29. The maximum absolute atomic E-state index is 5.29. The van der Waals surface area contributed by atoms with Crippen LogP contribution < -0.4 is 10.1 Å². The van der Waals surface area contributed by atoms with E-state index in [2.05, 4.69) is 15.3 Å². The molecule has 0 saturated carbocycles. The standard InChI is InChI=1S/C7H9N3O.C2H6/c1-5-9-4-6-7(10-5)8-2-3-11-6;1-2/h4H,2-3H2,1H3,(H,8,9,10);1-2H3. The molecule has 0 fully saturated rings. The van der Waals surface area contributed by atoms with Crippen LogP contribution in [0.25, 0.3) is 0 Å². The lowest BCUT2D eigenvalue weighted by molar-refractivity contribution is 0.319. The van der Waals surface area contributed by atoms with E-state index in [4.69, 9.17) is 4.74 Å². The van der Waals surface area contributed by atoms with Crippen molar-refractivity contribution in [3.05, 3.63) is 12.0 Å². The topological polar surface area (TPSA) is 47.0 Å². The van der Waals surface area contributed by atoms with E-state index in [0.29, 0.717) is 6.61 Å². The highest BCUT2D eigenvalue weighted by atomic mass is 16.5. The van der Waals surface area contributed by atoms with Crippen molar-refractivity contribution in [1.29, 1.82) is 0 Å². The molecule has 0 radical (unpaired) electrons. The Kier molecular flexibility index (Phi) is 3.49. The van der Waals surface area contributed by atoms with Gasteiger partial charge < -0.3 is 10.1 Å². The fourth-order valence-electron chi connectivity index (χ4n) is 1.02. The molecule has 4 heteroatoms. The zero-order valence-electron chi connectivity index (χ0n) is 8.29. The SMILES string of the molecule is CC.Cc1ncc2c(n1)NCCO2. The fourth-order valence-corrected chi connectivity index (χ4v) is 1.02. The summed E-state index contributed by atoms with van der Waals surface area (Å²) in [5, 5.41) is 3.13. The number of hydrogen-bond acceptors (Lipinski definition) is 4. The number of aryl methyl sites for hydroxylation is 1. The van der Waals surface area contributed by atoms with Crippen LogP contribution in [0.3, 0.4) is 0 Å². The number of nitrogens with one attached hydrogen (secondary N) is 1. The normalized spacial score (nSPS) is 12.8. The molecule has 72 valence electrons. The second-order valence-electron chi connectivity index (χ2n) is 2.41. The molecule has 0 aromatic carbocycles. The minimum Gasteiger partial charge on any atom is -0.486 e. The highest BCUT2D eigenvalue weighted by Gasteiger charge is 2.10. The third-order valence-corrected chi connectivity index (χ3v) is 1.53. The predicted octanol–water partition coefficient (Wildman–Crippen LogP) is 1.62. The van der Waals surface area contributed by atoms with Gasteiger partial charge in [-0.1, -0.05) is 13.8 Å². The number of anilines is 1. The van der Waals surface area contributed by atoms with Crippen molar-refractivity contribution in [2.45, 2.75) is 20.8 Å². The van der Waals surface area contributed by atoms with Crippen molar-refractivity contribution in [2.24, 2.45) is 0 Å². The Bertz CT molecular complexity index is 276. The molecule has 1 aliphatic heterocycles. The van der Waals surface area contributed by atoms with Crippen LogP contribution in [0.2, 0.25) is 0 Å². The molecule has 2 heterocycles. The van der Waals surface area contributed by atoms with Crippen LogP contribution in [0.4, 0.5) is 5.82 Å². The van der Waals surface area contributed by atoms with Crippen LogP contribution in [0.15, 0.2) is 6.20 Å². The van der Waals surface area contributed by atoms with Crippen LogP contribution in [-0.2, 0) is 0 Å². The average molecular weight is 181 g/mol. The summed E-state index contributed by atoms with van der Waals surface area (Å²) in [4.78, 5) is 8.18. The third-order valence-electron chi connectivity index (χ3n) is 1.53. The molecule has 1 aromatic heterocycles. The van der Waals surface area contributed by atoms with Crippen LogP contribution in [0.1, 0.15) is 19.7 Å². The van der Waals surface area contributed by atoms with Gasteiger partial charge in [-0.05, 0) is 6.92 Å². The molecular formula is C9H15N3O. The van der Waals surface area contributed by atoms with E-state index in [-0.39, 0.29) is 0 Å². The van der Waals surface area contributed by atoms with Crippen LogP contribution in [0, 0.1) is 6.92 Å². The van der Waals surface area contributed by atoms with Gasteiger partial charge in [0.05, 0.1) is 12.7 Å². The van der Waals surface area contributed by atoms with Crippen molar-refractivity contribution < 1.29 is 4.74 Å². The van der Waals surface area contributed by atoms with Gasteiger partial charge in [0.2, 0.25) is 0 Å². The molecule has 1 aliphatic rings. The Hall–Kier alpha value is -1.32. The highest BCUT2D eigenvalue weighted by molar-refractivity contribution is 5.49. The molecule has 1 aromatic rings. The summed E-state index contributed by atoms with van der Waals surface area (Å²) < 4.78 is 5.29. The van der Waals surface area contributed by atoms with Gasteiger partial charge in [-0.15, -0.1) is 0 Å². The number of fused-ring (bicyclic) bond motifs is 1. The molecule has 2 rings (SSSR count). The Morgan fingerprint density at radius 3 is 3.00 bits per heavy atom. The molecule has 0 bridgehead atoms. The lowest BCUT2D eigenvalue weighted by atomic mass is 10.4. The monoisotopic (exact) mass is 181 g/mol. The molecule has 13 heavy (non-hydrogen) atoms. The number of hydrogen-bond donors (Lipinski definition) is 1. The molecule has 0 atom stereocenters. The maximum Gasteiger partial charge on any atom is 0.179 e. The lowest BCUT2D eigenvalue weighted by Gasteiger charge is -2.17. The Morgan fingerprint density at radius 1 is 1.46 bits per heavy atom. The average Bonchev–Trinajstić information content (AvgIpc) is 2.21. The van der Waals surface area contributed by atoms with Gasteiger partial charge in [0.15, 0.2) is 11.6 Å². The number of aromatic nitrogens is 2. The molecule has 0 spiro atoms. The molecule has 0 saturated heterocycles. The van der Waals surface area contributed by atoms with Crippen molar-refractivity contribution in [2.75, 3.05) is 18.5 Å². The minimum absolute atomic E-state index is 0.694. The Labute approximate surface area is 78.4 Å². The quantitative estimate of drug-likeness (QED) is 0.660. The van der Waals surface area contributed by atoms with Crippen LogP contribution >= 0.6 is 0 Å². The zero-order chi connectivity index (χ0) is 9.68. The molecule has 0 unspecified atom stereocenters. The summed E-state index contributed by atoms with van der Waals surface area (Å²) in [6, 6.07) is 0. The number of nitrogens with zero attached hydrogens (tertiary/aromatic N) is 2. The van der Waals surface area contributed by atoms with E-state index < -0.39 is 0 Å². The minimum atomic E-state index is 0.694. The smallest absolute Gasteiger partial charge is 0.179 e. The second kappa shape index (κ2) is 4.64. The first-order valence-corrected chi connectivity index (χ1v) is 4.56. The third kappa shape index (κ3) is 2.31. The van der Waals surface area contributed by atoms with E-state index in [9.17, 15) is 0 Å². The second-order valence-corrected chi connectivity index (χ2v) is 2.41. The van der Waals surface area contributed by atoms with Crippen molar-refractivity contribution in [1.82, 2.24) is 9.97 Å². The first kappa shape index (κ1) is 9.77. The van der Waals surface area contributed by atoms with Gasteiger partial charge in [-0.2, -0.15) is 0 Å². The fraction of sp³-hybridized carbons (Fsp3) is 0.556. The van der Waals surface area contributed by atoms with E-state index >= 15 is 0 Å². The van der Waals surface area contributed by atoms with Gasteiger partial charge in [-0.3, -0.25) is 0 Å². The molecule has 4 nitrogen and oxygen atoms in total. The molecule has 0 amide bonds. The first-order valence-electron chi connectivity index (χ1n) is 4.56. The Balaban J connectivity index is 0.000000396. The highest BCUT2D eigenvalue weighted by Crippen LogP contribution is 2.22. The predicted molar refractivity (Wildman–Crippen MR) is 52.1 cm³/mol. The molecule has 0 aliphatic carbocycles. The summed E-state index contributed by atoms with van der Waals surface area (Å²) >= 11 is 0. The Morgan fingerprint density at radius 2 is 2.23 bits per heavy atom. The van der Waals surface area contributed by atoms with Crippen LogP contribution in [0.5, 0.6) is 5.75 Å². The van der Waals surface area contributed by atoms with E-state index in [1.807, 2.05) is 20.8 Å². The zero-order valence-corrected chi connectivity index (χ0v) is 8.29. The summed E-state index contributed by atoms with van der Waals surface area (Å²) in [6.45, 7) is 7.37. The summed E-state index contributed by atoms with van der Waals surface area (Å²) in [5.41, 5.74) is 0. The number of ether oxygens (including phenoxy) is 1. The van der Waals surface area contributed by atoms with E-state index in [1.165, 1.54) is 0 Å². The van der Waals surface area contributed by atoms with E-state index in [1.54, 1.807) is 6.20 Å². The summed E-state index contributed by atoms with van der Waals surface area (Å²) in [7, 11) is 0. The van der Waals surface area contributed by atoms with Gasteiger partial charge in [0.1, 0.15) is 12.4 Å². The summed E-state index contributed by atoms with van der Waals surface area (Å²) in [6.07, 6.45) is 1.70. The van der Waals surface area contributed by atoms with Gasteiger partial charge >= 0.3 is 0 Å². The van der Waals surface area contributed by atoms with Crippen LogP contribution in [-0.4, -0.2) is 23.1 Å².